The fourth-order valence-corrected chi connectivity index (χ4v) is 2.67. The monoisotopic (exact) mass is 338 g/mol. The van der Waals surface area contributed by atoms with Gasteiger partial charge in [0.15, 0.2) is 0 Å². The van der Waals surface area contributed by atoms with Crippen LogP contribution in [0.5, 0.6) is 11.5 Å². The van der Waals surface area contributed by atoms with Crippen molar-refractivity contribution >= 4 is 22.5 Å². The highest BCUT2D eigenvalue weighted by molar-refractivity contribution is 6.05. The quantitative estimate of drug-likeness (QED) is 0.794. The Kier molecular flexibility index (Phi) is 4.43. The van der Waals surface area contributed by atoms with E-state index in [0.717, 1.165) is 10.9 Å². The first kappa shape index (κ1) is 16.6. The number of benzene rings is 2. The molecule has 6 heteroatoms. The number of carbonyl (C=O) groups excluding carboxylic acids is 1. The maximum Gasteiger partial charge on any atom is 0.274 e. The van der Waals surface area contributed by atoms with Gasteiger partial charge in [-0.1, -0.05) is 6.07 Å². The fraction of sp³-hybridized carbons (Fsp3) is 0.158. The first-order valence-electron chi connectivity index (χ1n) is 7.67. The van der Waals surface area contributed by atoms with Crippen molar-refractivity contribution in [2.24, 2.45) is 7.05 Å². The SMILES string of the molecule is COc1ccc(C(=O)Nc2cc3c(OC)cccc3n(C)c2=O)cc1. The predicted molar refractivity (Wildman–Crippen MR) is 96.7 cm³/mol. The summed E-state index contributed by atoms with van der Waals surface area (Å²) in [6.45, 7) is 0. The Morgan fingerprint density at radius 3 is 2.40 bits per heavy atom. The molecular formula is C19H18N2O4. The number of ether oxygens (including phenoxy) is 2. The van der Waals surface area contributed by atoms with Crippen molar-refractivity contribution in [2.45, 2.75) is 0 Å². The number of methoxy groups -OCH3 is 2. The Morgan fingerprint density at radius 2 is 1.76 bits per heavy atom. The van der Waals surface area contributed by atoms with Crippen LogP contribution in [-0.2, 0) is 7.05 Å². The van der Waals surface area contributed by atoms with Crippen molar-refractivity contribution in [2.75, 3.05) is 19.5 Å². The molecule has 0 fully saturated rings. The van der Waals surface area contributed by atoms with Crippen LogP contribution in [0.4, 0.5) is 5.69 Å². The van der Waals surface area contributed by atoms with E-state index < -0.39 is 0 Å². The van der Waals surface area contributed by atoms with Gasteiger partial charge in [-0.3, -0.25) is 9.59 Å². The van der Waals surface area contributed by atoms with Gasteiger partial charge in [-0.15, -0.1) is 0 Å². The van der Waals surface area contributed by atoms with E-state index in [0.29, 0.717) is 17.1 Å². The molecule has 1 amide bonds. The summed E-state index contributed by atoms with van der Waals surface area (Å²) in [7, 11) is 4.78. The summed E-state index contributed by atoms with van der Waals surface area (Å²) in [5.74, 6) is 0.921. The Hall–Kier alpha value is -3.28. The molecule has 0 atom stereocenters. The van der Waals surface area contributed by atoms with E-state index in [-0.39, 0.29) is 17.2 Å². The van der Waals surface area contributed by atoms with Crippen LogP contribution in [0.2, 0.25) is 0 Å². The molecular weight excluding hydrogens is 320 g/mol. The van der Waals surface area contributed by atoms with Gasteiger partial charge in [0.05, 0.1) is 19.7 Å². The predicted octanol–water partition coefficient (Wildman–Crippen LogP) is 2.81. The molecule has 3 aromatic rings. The molecule has 1 heterocycles. The van der Waals surface area contributed by atoms with Crippen molar-refractivity contribution in [1.82, 2.24) is 4.57 Å². The van der Waals surface area contributed by atoms with Crippen LogP contribution in [0.1, 0.15) is 10.4 Å². The van der Waals surface area contributed by atoms with Crippen molar-refractivity contribution in [3.05, 3.63) is 64.4 Å². The topological polar surface area (TPSA) is 69.6 Å². The normalized spacial score (nSPS) is 10.5. The maximum atomic E-state index is 12.5. The summed E-state index contributed by atoms with van der Waals surface area (Å²) < 4.78 is 11.9. The molecule has 0 bridgehead atoms. The van der Waals surface area contributed by atoms with Gasteiger partial charge in [0.2, 0.25) is 0 Å². The third-order valence-corrected chi connectivity index (χ3v) is 4.05. The molecule has 25 heavy (non-hydrogen) atoms. The molecule has 0 aliphatic rings. The zero-order valence-corrected chi connectivity index (χ0v) is 14.2. The summed E-state index contributed by atoms with van der Waals surface area (Å²) in [5.41, 5.74) is 1.07. The summed E-state index contributed by atoms with van der Waals surface area (Å²) in [6.07, 6.45) is 0. The second kappa shape index (κ2) is 6.68. The van der Waals surface area contributed by atoms with Gasteiger partial charge in [-0.25, -0.2) is 0 Å². The molecule has 2 aromatic carbocycles. The zero-order chi connectivity index (χ0) is 18.0. The highest BCUT2D eigenvalue weighted by atomic mass is 16.5. The number of rotatable bonds is 4. The lowest BCUT2D eigenvalue weighted by molar-refractivity contribution is 0.102. The average molecular weight is 338 g/mol. The summed E-state index contributed by atoms with van der Waals surface area (Å²) in [4.78, 5) is 25.0. The number of hydrogen-bond acceptors (Lipinski definition) is 4. The molecule has 6 nitrogen and oxygen atoms in total. The van der Waals surface area contributed by atoms with Crippen LogP contribution in [0.3, 0.4) is 0 Å². The smallest absolute Gasteiger partial charge is 0.274 e. The molecule has 1 N–H and O–H groups in total. The number of amides is 1. The third-order valence-electron chi connectivity index (χ3n) is 4.05. The molecule has 0 aliphatic carbocycles. The second-order valence-electron chi connectivity index (χ2n) is 5.50. The number of aryl methyl sites for hydroxylation is 1. The van der Waals surface area contributed by atoms with E-state index in [9.17, 15) is 9.59 Å². The lowest BCUT2D eigenvalue weighted by atomic mass is 10.1. The minimum absolute atomic E-state index is 0.195. The van der Waals surface area contributed by atoms with Crippen LogP contribution in [-0.4, -0.2) is 24.7 Å². The number of nitrogens with one attached hydrogen (secondary N) is 1. The van der Waals surface area contributed by atoms with Crippen molar-refractivity contribution in [1.29, 1.82) is 0 Å². The Morgan fingerprint density at radius 1 is 1.04 bits per heavy atom. The molecule has 0 saturated heterocycles. The van der Waals surface area contributed by atoms with Crippen LogP contribution >= 0.6 is 0 Å². The first-order valence-corrected chi connectivity index (χ1v) is 7.67. The van der Waals surface area contributed by atoms with E-state index in [1.165, 1.54) is 4.57 Å². The van der Waals surface area contributed by atoms with Crippen LogP contribution in [0.15, 0.2) is 53.3 Å². The zero-order valence-electron chi connectivity index (χ0n) is 14.2. The van der Waals surface area contributed by atoms with Crippen molar-refractivity contribution < 1.29 is 14.3 Å². The molecule has 0 saturated carbocycles. The lowest BCUT2D eigenvalue weighted by Gasteiger charge is -2.12. The average Bonchev–Trinajstić information content (AvgIpc) is 2.65. The number of nitrogens with zero attached hydrogens (tertiary/aromatic N) is 1. The van der Waals surface area contributed by atoms with Crippen LogP contribution < -0.4 is 20.3 Å². The lowest BCUT2D eigenvalue weighted by Crippen LogP contribution is -2.24. The highest BCUT2D eigenvalue weighted by Gasteiger charge is 2.13. The number of aromatic nitrogens is 1. The molecule has 3 rings (SSSR count). The van der Waals surface area contributed by atoms with E-state index in [2.05, 4.69) is 5.32 Å². The largest absolute Gasteiger partial charge is 0.497 e. The number of anilines is 1. The summed E-state index contributed by atoms with van der Waals surface area (Å²) in [6, 6.07) is 13.7. The van der Waals surface area contributed by atoms with Gasteiger partial charge >= 0.3 is 0 Å². The molecule has 0 aliphatic heterocycles. The van der Waals surface area contributed by atoms with Crippen molar-refractivity contribution in [3.63, 3.8) is 0 Å². The Bertz CT molecular complexity index is 991. The van der Waals surface area contributed by atoms with E-state index >= 15 is 0 Å². The van der Waals surface area contributed by atoms with Gasteiger partial charge in [-0.2, -0.15) is 0 Å². The molecule has 0 spiro atoms. The van der Waals surface area contributed by atoms with Gasteiger partial charge < -0.3 is 19.4 Å². The maximum absolute atomic E-state index is 12.5. The number of pyridine rings is 1. The fourth-order valence-electron chi connectivity index (χ4n) is 2.67. The van der Waals surface area contributed by atoms with Gasteiger partial charge in [0.1, 0.15) is 17.2 Å². The van der Waals surface area contributed by atoms with Gasteiger partial charge in [-0.05, 0) is 42.5 Å². The number of carbonyl (C=O) groups is 1. The number of hydrogen-bond donors (Lipinski definition) is 1. The van der Waals surface area contributed by atoms with E-state index in [1.807, 2.05) is 18.2 Å². The van der Waals surface area contributed by atoms with Crippen molar-refractivity contribution in [3.8, 4) is 11.5 Å². The van der Waals surface area contributed by atoms with Crippen LogP contribution in [0, 0.1) is 0 Å². The first-order chi connectivity index (χ1) is 12.0. The second-order valence-corrected chi connectivity index (χ2v) is 5.50. The van der Waals surface area contributed by atoms with Gasteiger partial charge in [0, 0.05) is 18.0 Å². The van der Waals surface area contributed by atoms with Crippen LogP contribution in [0.25, 0.3) is 10.9 Å². The standard InChI is InChI=1S/C19H18N2O4/c1-21-16-5-4-6-17(25-3)14(16)11-15(19(21)23)20-18(22)12-7-9-13(24-2)10-8-12/h4-11H,1-3H3,(H,20,22). The Balaban J connectivity index is 2.01. The summed E-state index contributed by atoms with van der Waals surface area (Å²) in [5, 5.41) is 3.43. The van der Waals surface area contributed by atoms with E-state index in [4.69, 9.17) is 9.47 Å². The third kappa shape index (κ3) is 3.06. The number of fused-ring (bicyclic) bond motifs is 1. The Labute approximate surface area is 144 Å². The summed E-state index contributed by atoms with van der Waals surface area (Å²) >= 11 is 0. The molecule has 128 valence electrons. The highest BCUT2D eigenvalue weighted by Crippen LogP contribution is 2.26. The van der Waals surface area contributed by atoms with E-state index in [1.54, 1.807) is 51.6 Å². The molecule has 0 unspecified atom stereocenters. The minimum atomic E-state index is -0.367. The molecule has 1 aromatic heterocycles. The minimum Gasteiger partial charge on any atom is -0.497 e. The van der Waals surface area contributed by atoms with Gasteiger partial charge in [0.25, 0.3) is 11.5 Å². The molecule has 0 radical (unpaired) electrons.